The first kappa shape index (κ1) is 18.8. The van der Waals surface area contributed by atoms with Crippen LogP contribution in [-0.2, 0) is 14.8 Å². The van der Waals surface area contributed by atoms with Crippen molar-refractivity contribution >= 4 is 44.8 Å². The summed E-state index contributed by atoms with van der Waals surface area (Å²) < 4.78 is 37.7. The molecule has 0 fully saturated rings. The fraction of sp³-hybridized carbons (Fsp3) is 0.188. The number of rotatable bonds is 5. The van der Waals surface area contributed by atoms with Gasteiger partial charge in [0.2, 0.25) is 22.7 Å². The number of hydrogen-bond acceptors (Lipinski definition) is 5. The summed E-state index contributed by atoms with van der Waals surface area (Å²) in [5.41, 5.74) is 0.445. The molecular formula is C16H14Cl2N2O5S. The molecule has 1 unspecified atom stereocenters. The van der Waals surface area contributed by atoms with Crippen LogP contribution >= 0.6 is 23.2 Å². The second-order valence-corrected chi connectivity index (χ2v) is 7.92. The molecule has 0 saturated carbocycles. The van der Waals surface area contributed by atoms with E-state index in [0.29, 0.717) is 17.2 Å². The second-order valence-electron chi connectivity index (χ2n) is 5.45. The number of sulfonamides is 1. The van der Waals surface area contributed by atoms with Gasteiger partial charge in [0.1, 0.15) is 4.90 Å². The lowest BCUT2D eigenvalue weighted by atomic mass is 10.2. The maximum atomic E-state index is 12.5. The van der Waals surface area contributed by atoms with Crippen molar-refractivity contribution in [3.8, 4) is 11.5 Å². The third kappa shape index (κ3) is 3.88. The van der Waals surface area contributed by atoms with E-state index in [-0.39, 0.29) is 21.7 Å². The zero-order valence-electron chi connectivity index (χ0n) is 13.5. The lowest BCUT2D eigenvalue weighted by molar-refractivity contribution is -0.117. The summed E-state index contributed by atoms with van der Waals surface area (Å²) in [5.74, 6) is 0.514. The number of anilines is 1. The van der Waals surface area contributed by atoms with Crippen LogP contribution in [0.2, 0.25) is 10.0 Å². The van der Waals surface area contributed by atoms with Gasteiger partial charge in [0.05, 0.1) is 16.1 Å². The minimum Gasteiger partial charge on any atom is -0.454 e. The predicted molar refractivity (Wildman–Crippen MR) is 97.4 cm³/mol. The maximum absolute atomic E-state index is 12.5. The minimum absolute atomic E-state index is 0.0339. The molecule has 1 heterocycles. The number of ether oxygens (including phenoxy) is 2. The predicted octanol–water partition coefficient (Wildman–Crippen LogP) is 3.03. The molecule has 26 heavy (non-hydrogen) atoms. The van der Waals surface area contributed by atoms with E-state index in [9.17, 15) is 13.2 Å². The number of hydrogen-bond donors (Lipinski definition) is 2. The van der Waals surface area contributed by atoms with Crippen LogP contribution < -0.4 is 19.5 Å². The highest BCUT2D eigenvalue weighted by Crippen LogP contribution is 2.34. The van der Waals surface area contributed by atoms with Crippen molar-refractivity contribution in [2.75, 3.05) is 12.1 Å². The highest BCUT2D eigenvalue weighted by molar-refractivity contribution is 7.89. The molecule has 1 aliphatic rings. The van der Waals surface area contributed by atoms with Gasteiger partial charge in [-0.2, -0.15) is 4.72 Å². The van der Waals surface area contributed by atoms with Crippen LogP contribution in [0, 0.1) is 0 Å². The largest absolute Gasteiger partial charge is 0.454 e. The molecule has 2 N–H and O–H groups in total. The maximum Gasteiger partial charge on any atom is 0.244 e. The van der Waals surface area contributed by atoms with Crippen molar-refractivity contribution in [2.45, 2.75) is 17.9 Å². The number of fused-ring (bicyclic) bond motifs is 1. The Labute approximate surface area is 160 Å². The molecule has 0 spiro atoms. The first-order valence-corrected chi connectivity index (χ1v) is 9.69. The molecule has 3 rings (SSSR count). The SMILES string of the molecule is CC(NS(=O)(=O)c1c(Cl)cccc1Cl)C(=O)Nc1ccc2c(c1)OCO2. The van der Waals surface area contributed by atoms with Crippen LogP contribution in [0.25, 0.3) is 0 Å². The van der Waals surface area contributed by atoms with E-state index in [1.165, 1.54) is 25.1 Å². The minimum atomic E-state index is -4.09. The summed E-state index contributed by atoms with van der Waals surface area (Å²) in [6.45, 7) is 1.52. The van der Waals surface area contributed by atoms with E-state index in [0.717, 1.165) is 0 Å². The van der Waals surface area contributed by atoms with Gasteiger partial charge >= 0.3 is 0 Å². The first-order valence-electron chi connectivity index (χ1n) is 7.45. The van der Waals surface area contributed by atoms with Gasteiger partial charge in [0, 0.05) is 11.8 Å². The van der Waals surface area contributed by atoms with Gasteiger partial charge in [-0.1, -0.05) is 29.3 Å². The Morgan fingerprint density at radius 3 is 2.46 bits per heavy atom. The normalized spacial score (nSPS) is 14.1. The third-order valence-corrected chi connectivity index (χ3v) is 6.05. The molecule has 7 nitrogen and oxygen atoms in total. The van der Waals surface area contributed by atoms with Crippen LogP contribution in [0.3, 0.4) is 0 Å². The molecule has 1 atom stereocenters. The number of carbonyl (C=O) groups excluding carboxylic acids is 1. The number of benzene rings is 2. The van der Waals surface area contributed by atoms with Gasteiger partial charge in [-0.05, 0) is 31.2 Å². The Kier molecular flexibility index (Phi) is 5.29. The van der Waals surface area contributed by atoms with Crippen molar-refractivity contribution in [3.05, 3.63) is 46.4 Å². The fourth-order valence-electron chi connectivity index (χ4n) is 2.31. The molecule has 138 valence electrons. The molecule has 2 aromatic carbocycles. The standard InChI is InChI=1S/C16H14Cl2N2O5S/c1-9(20-26(22,23)15-11(17)3-2-4-12(15)18)16(21)19-10-5-6-13-14(7-10)25-8-24-13/h2-7,9,20H,8H2,1H3,(H,19,21). The molecule has 0 aromatic heterocycles. The Morgan fingerprint density at radius 2 is 1.77 bits per heavy atom. The van der Waals surface area contributed by atoms with Gasteiger partial charge in [0.25, 0.3) is 0 Å². The summed E-state index contributed by atoms with van der Waals surface area (Å²) >= 11 is 11.9. The summed E-state index contributed by atoms with van der Waals surface area (Å²) in [5, 5.41) is 2.54. The number of carbonyl (C=O) groups is 1. The monoisotopic (exact) mass is 416 g/mol. The average Bonchev–Trinajstić information content (AvgIpc) is 3.01. The van der Waals surface area contributed by atoms with Crippen LogP contribution in [0.1, 0.15) is 6.92 Å². The smallest absolute Gasteiger partial charge is 0.244 e. The Hall–Kier alpha value is -2.00. The van der Waals surface area contributed by atoms with Gasteiger partial charge in [-0.25, -0.2) is 8.42 Å². The van der Waals surface area contributed by atoms with Gasteiger partial charge < -0.3 is 14.8 Å². The molecule has 10 heteroatoms. The first-order chi connectivity index (χ1) is 12.3. The molecule has 0 saturated heterocycles. The average molecular weight is 417 g/mol. The number of amides is 1. The van der Waals surface area contributed by atoms with Gasteiger partial charge in [-0.3, -0.25) is 4.79 Å². The number of halogens is 2. The Balaban J connectivity index is 1.73. The molecule has 0 aliphatic carbocycles. The summed E-state index contributed by atoms with van der Waals surface area (Å²) in [6.07, 6.45) is 0. The second kappa shape index (κ2) is 7.32. The van der Waals surface area contributed by atoms with E-state index < -0.39 is 22.0 Å². The molecule has 0 radical (unpaired) electrons. The van der Waals surface area contributed by atoms with Crippen LogP contribution in [-0.4, -0.2) is 27.2 Å². The zero-order chi connectivity index (χ0) is 18.9. The molecule has 2 aromatic rings. The van der Waals surface area contributed by atoms with E-state index in [2.05, 4.69) is 10.0 Å². The third-order valence-electron chi connectivity index (χ3n) is 3.55. The van der Waals surface area contributed by atoms with Crippen molar-refractivity contribution in [2.24, 2.45) is 0 Å². The van der Waals surface area contributed by atoms with Crippen molar-refractivity contribution in [3.63, 3.8) is 0 Å². The Bertz CT molecular complexity index is 945. The van der Waals surface area contributed by atoms with E-state index in [1.54, 1.807) is 18.2 Å². The molecule has 1 aliphatic heterocycles. The summed E-state index contributed by atoms with van der Waals surface area (Å²) in [6, 6.07) is 8.12. The quantitative estimate of drug-likeness (QED) is 0.780. The van der Waals surface area contributed by atoms with E-state index in [1.807, 2.05) is 0 Å². The van der Waals surface area contributed by atoms with Crippen molar-refractivity contribution in [1.29, 1.82) is 0 Å². The van der Waals surface area contributed by atoms with E-state index in [4.69, 9.17) is 32.7 Å². The van der Waals surface area contributed by atoms with Crippen LogP contribution in [0.4, 0.5) is 5.69 Å². The topological polar surface area (TPSA) is 93.7 Å². The zero-order valence-corrected chi connectivity index (χ0v) is 15.8. The molecule has 1 amide bonds. The summed E-state index contributed by atoms with van der Waals surface area (Å²) in [7, 11) is -4.09. The van der Waals surface area contributed by atoms with Crippen LogP contribution in [0.15, 0.2) is 41.3 Å². The van der Waals surface area contributed by atoms with Crippen LogP contribution in [0.5, 0.6) is 11.5 Å². The Morgan fingerprint density at radius 1 is 1.12 bits per heavy atom. The highest BCUT2D eigenvalue weighted by Gasteiger charge is 2.26. The van der Waals surface area contributed by atoms with Gasteiger partial charge in [0.15, 0.2) is 11.5 Å². The number of nitrogens with one attached hydrogen (secondary N) is 2. The van der Waals surface area contributed by atoms with Gasteiger partial charge in [-0.15, -0.1) is 0 Å². The summed E-state index contributed by atoms with van der Waals surface area (Å²) in [4.78, 5) is 12.0. The van der Waals surface area contributed by atoms with Crippen molar-refractivity contribution in [1.82, 2.24) is 4.72 Å². The molecule has 0 bridgehead atoms. The molecular weight excluding hydrogens is 403 g/mol. The highest BCUT2D eigenvalue weighted by atomic mass is 35.5. The fourth-order valence-corrected chi connectivity index (χ4v) is 4.66. The van der Waals surface area contributed by atoms with Crippen molar-refractivity contribution < 1.29 is 22.7 Å². The lowest BCUT2D eigenvalue weighted by Crippen LogP contribution is -2.41. The lowest BCUT2D eigenvalue weighted by Gasteiger charge is -2.16. The van der Waals surface area contributed by atoms with E-state index >= 15 is 0 Å².